The molecule has 7 nitrogen and oxygen atoms in total. The predicted molar refractivity (Wildman–Crippen MR) is 76.5 cm³/mol. The first-order valence-corrected chi connectivity index (χ1v) is 8.09. The van der Waals surface area contributed by atoms with Gasteiger partial charge in [-0.1, -0.05) is 0 Å². The Labute approximate surface area is 129 Å². The van der Waals surface area contributed by atoms with E-state index in [1.807, 2.05) is 11.6 Å². The van der Waals surface area contributed by atoms with Crippen molar-refractivity contribution in [2.24, 2.45) is 0 Å². The topological polar surface area (TPSA) is 98.5 Å². The average molecular weight is 375 g/mol. The maximum absolute atomic E-state index is 12.1. The van der Waals surface area contributed by atoms with Crippen molar-refractivity contribution in [3.8, 4) is 5.75 Å². The van der Waals surface area contributed by atoms with Crippen LogP contribution >= 0.6 is 15.9 Å². The molecule has 0 saturated heterocycles. The van der Waals surface area contributed by atoms with Crippen molar-refractivity contribution >= 4 is 31.9 Å². The molecular formula is C12H11BrN2O5S. The van der Waals surface area contributed by atoms with Gasteiger partial charge in [-0.05, 0) is 41.1 Å². The molecule has 0 saturated carbocycles. The van der Waals surface area contributed by atoms with Crippen LogP contribution in [-0.2, 0) is 10.0 Å². The van der Waals surface area contributed by atoms with Crippen LogP contribution in [-0.4, -0.2) is 25.9 Å². The maximum atomic E-state index is 12.1. The van der Waals surface area contributed by atoms with Crippen molar-refractivity contribution in [1.29, 1.82) is 0 Å². The van der Waals surface area contributed by atoms with Gasteiger partial charge in [0, 0.05) is 0 Å². The van der Waals surface area contributed by atoms with Crippen LogP contribution in [0.1, 0.15) is 17.4 Å². The van der Waals surface area contributed by atoms with E-state index < -0.39 is 15.9 Å². The van der Waals surface area contributed by atoms with E-state index in [1.54, 1.807) is 0 Å². The fraction of sp³-hybridized carbons (Fsp3) is 0.167. The van der Waals surface area contributed by atoms with E-state index >= 15 is 0 Å². The van der Waals surface area contributed by atoms with Gasteiger partial charge in [0.05, 0.1) is 16.0 Å². The van der Waals surface area contributed by atoms with Crippen molar-refractivity contribution in [2.75, 3.05) is 6.61 Å². The highest BCUT2D eigenvalue weighted by Gasteiger charge is 2.21. The summed E-state index contributed by atoms with van der Waals surface area (Å²) in [6.45, 7) is 2.27. The van der Waals surface area contributed by atoms with Crippen LogP contribution in [0.25, 0.3) is 0 Å². The Morgan fingerprint density at radius 3 is 2.81 bits per heavy atom. The minimum absolute atomic E-state index is 0.0744. The van der Waals surface area contributed by atoms with Crippen LogP contribution in [0.2, 0.25) is 0 Å². The fourth-order valence-corrected chi connectivity index (χ4v) is 3.11. The molecule has 1 N–H and O–H groups in total. The van der Waals surface area contributed by atoms with E-state index in [-0.39, 0.29) is 10.6 Å². The van der Waals surface area contributed by atoms with Crippen molar-refractivity contribution in [1.82, 2.24) is 9.71 Å². The number of carbonyl (C=O) groups is 1. The van der Waals surface area contributed by atoms with Gasteiger partial charge in [0.2, 0.25) is 0 Å². The largest absolute Gasteiger partial charge is 0.493 e. The highest BCUT2D eigenvalue weighted by Crippen LogP contribution is 2.27. The van der Waals surface area contributed by atoms with Crippen molar-refractivity contribution < 1.29 is 22.4 Å². The average Bonchev–Trinajstić information content (AvgIpc) is 2.95. The summed E-state index contributed by atoms with van der Waals surface area (Å²) in [7, 11) is -4.01. The Morgan fingerprint density at radius 1 is 1.48 bits per heavy atom. The second-order valence-corrected chi connectivity index (χ2v) is 6.37. The van der Waals surface area contributed by atoms with Gasteiger partial charge in [0.1, 0.15) is 12.0 Å². The van der Waals surface area contributed by atoms with E-state index in [2.05, 4.69) is 25.3 Å². The molecule has 9 heteroatoms. The van der Waals surface area contributed by atoms with E-state index in [9.17, 15) is 13.2 Å². The summed E-state index contributed by atoms with van der Waals surface area (Å²) in [4.78, 5) is 15.2. The second kappa shape index (κ2) is 6.27. The number of aromatic nitrogens is 1. The number of rotatable bonds is 5. The number of hydrogen-bond acceptors (Lipinski definition) is 6. The normalized spacial score (nSPS) is 11.1. The highest BCUT2D eigenvalue weighted by molar-refractivity contribution is 9.10. The van der Waals surface area contributed by atoms with Crippen LogP contribution in [0.15, 0.2) is 44.6 Å². The second-order valence-electron chi connectivity index (χ2n) is 3.83. The van der Waals surface area contributed by atoms with Crippen molar-refractivity contribution in [3.05, 3.63) is 41.0 Å². The molecular weight excluding hydrogens is 364 g/mol. The molecule has 0 aliphatic heterocycles. The van der Waals surface area contributed by atoms with Crippen LogP contribution in [0.3, 0.4) is 0 Å². The summed E-state index contributed by atoms with van der Waals surface area (Å²) in [5, 5.41) is 0. The minimum Gasteiger partial charge on any atom is -0.493 e. The van der Waals surface area contributed by atoms with E-state index in [1.165, 1.54) is 18.2 Å². The Balaban J connectivity index is 2.23. The minimum atomic E-state index is -4.01. The summed E-state index contributed by atoms with van der Waals surface area (Å²) < 4.78 is 36.5. The van der Waals surface area contributed by atoms with Gasteiger partial charge < -0.3 is 9.15 Å². The molecule has 2 rings (SSSR count). The summed E-state index contributed by atoms with van der Waals surface area (Å²) in [5.41, 5.74) is -0.122. The quantitative estimate of drug-likeness (QED) is 0.858. The monoisotopic (exact) mass is 374 g/mol. The highest BCUT2D eigenvalue weighted by atomic mass is 79.9. The molecule has 0 fully saturated rings. The molecule has 0 unspecified atom stereocenters. The number of nitrogens with one attached hydrogen (secondary N) is 1. The molecule has 0 atom stereocenters. The van der Waals surface area contributed by atoms with Gasteiger partial charge in [-0.15, -0.1) is 0 Å². The lowest BCUT2D eigenvalue weighted by atomic mass is 10.3. The van der Waals surface area contributed by atoms with E-state index in [0.717, 1.165) is 12.7 Å². The maximum Gasteiger partial charge on any atom is 0.286 e. The number of halogens is 1. The zero-order valence-corrected chi connectivity index (χ0v) is 13.3. The lowest BCUT2D eigenvalue weighted by Crippen LogP contribution is -2.30. The number of hydrogen-bond donors (Lipinski definition) is 1. The first kappa shape index (κ1) is 15.5. The van der Waals surface area contributed by atoms with Gasteiger partial charge in [0.25, 0.3) is 15.9 Å². The lowest BCUT2D eigenvalue weighted by Gasteiger charge is -2.09. The Bertz CT molecular complexity index is 743. The zero-order chi connectivity index (χ0) is 15.5. The first-order valence-electron chi connectivity index (χ1n) is 5.81. The number of amides is 1. The number of nitrogens with zero attached hydrogens (tertiary/aromatic N) is 1. The molecule has 0 radical (unpaired) electrons. The number of oxazole rings is 1. The summed E-state index contributed by atoms with van der Waals surface area (Å²) in [6, 6.07) is 4.19. The van der Waals surface area contributed by atoms with Gasteiger partial charge >= 0.3 is 0 Å². The molecule has 0 aliphatic rings. The van der Waals surface area contributed by atoms with E-state index in [4.69, 9.17) is 4.74 Å². The van der Waals surface area contributed by atoms with Crippen molar-refractivity contribution in [2.45, 2.75) is 11.8 Å². The number of benzene rings is 1. The molecule has 1 heterocycles. The van der Waals surface area contributed by atoms with Crippen LogP contribution < -0.4 is 9.46 Å². The Hall–Kier alpha value is -1.87. The molecule has 0 bridgehead atoms. The Kier molecular flexibility index (Phi) is 4.63. The molecule has 2 aromatic rings. The molecule has 1 amide bonds. The van der Waals surface area contributed by atoms with Crippen LogP contribution in [0.5, 0.6) is 5.75 Å². The molecule has 1 aromatic carbocycles. The fourth-order valence-electron chi connectivity index (χ4n) is 1.48. The number of ether oxygens (including phenoxy) is 1. The molecule has 112 valence electrons. The number of sulfonamides is 1. The standard InChI is InChI=1S/C12H11BrN2O5S/c1-2-20-11-4-3-8(5-9(11)13)21(17,18)15-12(16)10-6-19-7-14-10/h3-7H,2H2,1H3,(H,15,16). The van der Waals surface area contributed by atoms with Gasteiger partial charge in [0.15, 0.2) is 12.1 Å². The third-order valence-corrected chi connectivity index (χ3v) is 4.35. The molecule has 0 spiro atoms. The smallest absolute Gasteiger partial charge is 0.286 e. The SMILES string of the molecule is CCOc1ccc(S(=O)(=O)NC(=O)c2cocn2)cc1Br. The van der Waals surface area contributed by atoms with Gasteiger partial charge in [-0.25, -0.2) is 18.1 Å². The Morgan fingerprint density at radius 2 is 2.24 bits per heavy atom. The zero-order valence-electron chi connectivity index (χ0n) is 10.9. The molecule has 0 aliphatic carbocycles. The third-order valence-electron chi connectivity index (χ3n) is 2.41. The third kappa shape index (κ3) is 3.61. The van der Waals surface area contributed by atoms with Crippen molar-refractivity contribution in [3.63, 3.8) is 0 Å². The first-order chi connectivity index (χ1) is 9.94. The lowest BCUT2D eigenvalue weighted by molar-refractivity contribution is 0.0976. The van der Waals surface area contributed by atoms with Crippen LogP contribution in [0, 0.1) is 0 Å². The summed E-state index contributed by atoms with van der Waals surface area (Å²) >= 11 is 3.22. The van der Waals surface area contributed by atoms with Gasteiger partial charge in [-0.2, -0.15) is 0 Å². The summed E-state index contributed by atoms with van der Waals surface area (Å²) in [6.07, 6.45) is 2.09. The molecule has 21 heavy (non-hydrogen) atoms. The molecule has 1 aromatic heterocycles. The number of carbonyl (C=O) groups excluding carboxylic acids is 1. The van der Waals surface area contributed by atoms with Gasteiger partial charge in [-0.3, -0.25) is 4.79 Å². The van der Waals surface area contributed by atoms with E-state index in [0.29, 0.717) is 16.8 Å². The summed E-state index contributed by atoms with van der Waals surface area (Å²) in [5.74, 6) is -0.354. The van der Waals surface area contributed by atoms with Crippen LogP contribution in [0.4, 0.5) is 0 Å². The predicted octanol–water partition coefficient (Wildman–Crippen LogP) is 1.95.